The zero-order chi connectivity index (χ0) is 16.2. The normalized spacial score (nSPS) is 13.5. The molecule has 3 nitrogen and oxygen atoms in total. The van der Waals surface area contributed by atoms with Crippen molar-refractivity contribution in [1.82, 2.24) is 9.55 Å². The number of halogens is 1. The molecule has 0 amide bonds. The summed E-state index contributed by atoms with van der Waals surface area (Å²) in [6.45, 7) is 2.05. The zero-order valence-electron chi connectivity index (χ0n) is 12.8. The van der Waals surface area contributed by atoms with Crippen LogP contribution in [-0.4, -0.2) is 15.3 Å². The molecule has 2 unspecified atom stereocenters. The highest BCUT2D eigenvalue weighted by Crippen LogP contribution is 2.32. The van der Waals surface area contributed by atoms with Crippen LogP contribution >= 0.6 is 11.6 Å². The first-order valence-electron chi connectivity index (χ1n) is 7.49. The van der Waals surface area contributed by atoms with Gasteiger partial charge in [-0.3, -0.25) is 4.79 Å². The molecular formula is C19H17ClN2O. The van der Waals surface area contributed by atoms with Crippen molar-refractivity contribution in [3.05, 3.63) is 89.5 Å². The lowest BCUT2D eigenvalue weighted by Gasteiger charge is -2.24. The summed E-state index contributed by atoms with van der Waals surface area (Å²) >= 11 is 5.97. The number of carbonyl (C=O) groups is 1. The molecule has 0 bridgehead atoms. The van der Waals surface area contributed by atoms with Crippen molar-refractivity contribution >= 4 is 17.4 Å². The second-order valence-corrected chi connectivity index (χ2v) is 5.96. The summed E-state index contributed by atoms with van der Waals surface area (Å²) in [4.78, 5) is 17.1. The van der Waals surface area contributed by atoms with E-state index in [1.165, 1.54) is 0 Å². The van der Waals surface area contributed by atoms with Crippen LogP contribution in [0.3, 0.4) is 0 Å². The molecule has 0 aliphatic rings. The van der Waals surface area contributed by atoms with Crippen LogP contribution in [0.2, 0.25) is 5.02 Å². The smallest absolute Gasteiger partial charge is 0.186 e. The molecule has 3 rings (SSSR count). The molecule has 2 aromatic carbocycles. The van der Waals surface area contributed by atoms with Crippen LogP contribution in [0.1, 0.15) is 34.8 Å². The average Bonchev–Trinajstić information content (AvgIpc) is 3.10. The van der Waals surface area contributed by atoms with E-state index in [0.29, 0.717) is 10.6 Å². The van der Waals surface area contributed by atoms with E-state index in [0.717, 1.165) is 5.56 Å². The molecule has 116 valence electrons. The minimum Gasteiger partial charge on any atom is -0.326 e. The van der Waals surface area contributed by atoms with Crippen molar-refractivity contribution in [2.24, 2.45) is 0 Å². The summed E-state index contributed by atoms with van der Waals surface area (Å²) in [7, 11) is 0. The zero-order valence-corrected chi connectivity index (χ0v) is 13.5. The fourth-order valence-electron chi connectivity index (χ4n) is 2.78. The van der Waals surface area contributed by atoms with Crippen molar-refractivity contribution in [2.75, 3.05) is 0 Å². The largest absolute Gasteiger partial charge is 0.326 e. The second-order valence-electron chi connectivity index (χ2n) is 5.53. The third-order valence-electron chi connectivity index (χ3n) is 4.04. The number of rotatable bonds is 5. The van der Waals surface area contributed by atoms with E-state index in [1.807, 2.05) is 65.4 Å². The summed E-state index contributed by atoms with van der Waals surface area (Å²) in [5, 5.41) is 0.689. The van der Waals surface area contributed by atoms with Gasteiger partial charge in [0.1, 0.15) is 6.04 Å². The van der Waals surface area contributed by atoms with E-state index < -0.39 is 0 Å². The van der Waals surface area contributed by atoms with E-state index >= 15 is 0 Å². The fourth-order valence-corrected chi connectivity index (χ4v) is 2.90. The Labute approximate surface area is 140 Å². The highest BCUT2D eigenvalue weighted by atomic mass is 35.5. The van der Waals surface area contributed by atoms with Gasteiger partial charge in [-0.1, -0.05) is 61.0 Å². The minimum atomic E-state index is -0.346. The van der Waals surface area contributed by atoms with Gasteiger partial charge in [0, 0.05) is 28.9 Å². The molecular weight excluding hydrogens is 308 g/mol. The predicted octanol–water partition coefficient (Wildman–Crippen LogP) is 4.76. The third-order valence-corrected chi connectivity index (χ3v) is 4.29. The van der Waals surface area contributed by atoms with Crippen molar-refractivity contribution in [3.63, 3.8) is 0 Å². The highest BCUT2D eigenvalue weighted by molar-refractivity contribution is 6.30. The van der Waals surface area contributed by atoms with E-state index in [9.17, 15) is 4.79 Å². The highest BCUT2D eigenvalue weighted by Gasteiger charge is 2.28. The number of hydrogen-bond donors (Lipinski definition) is 0. The first-order chi connectivity index (χ1) is 11.2. The van der Waals surface area contributed by atoms with Gasteiger partial charge in [0.05, 0.1) is 6.33 Å². The third kappa shape index (κ3) is 3.35. The molecule has 0 fully saturated rings. The van der Waals surface area contributed by atoms with Crippen LogP contribution < -0.4 is 0 Å². The molecule has 1 heterocycles. The van der Waals surface area contributed by atoms with E-state index in [4.69, 9.17) is 11.6 Å². The molecule has 0 saturated heterocycles. The number of benzene rings is 2. The summed E-state index contributed by atoms with van der Waals surface area (Å²) in [6, 6.07) is 16.7. The van der Waals surface area contributed by atoms with Crippen LogP contribution in [0, 0.1) is 0 Å². The van der Waals surface area contributed by atoms with Crippen molar-refractivity contribution in [3.8, 4) is 0 Å². The van der Waals surface area contributed by atoms with Crippen LogP contribution in [0.4, 0.5) is 0 Å². The number of Topliss-reactive ketones (excluding diaryl/α,β-unsaturated/α-hetero) is 1. The van der Waals surface area contributed by atoms with Gasteiger partial charge in [-0.15, -0.1) is 0 Å². The Kier molecular flexibility index (Phi) is 4.58. The molecule has 23 heavy (non-hydrogen) atoms. The Bertz CT molecular complexity index is 767. The Morgan fingerprint density at radius 3 is 2.39 bits per heavy atom. The van der Waals surface area contributed by atoms with Gasteiger partial charge >= 0.3 is 0 Å². The molecule has 0 saturated carbocycles. The molecule has 1 aromatic heterocycles. The van der Waals surface area contributed by atoms with Crippen LogP contribution in [0.25, 0.3) is 0 Å². The molecule has 4 heteroatoms. The summed E-state index contributed by atoms with van der Waals surface area (Å²) < 4.78 is 1.87. The quantitative estimate of drug-likeness (QED) is 0.634. The summed E-state index contributed by atoms with van der Waals surface area (Å²) in [6.07, 6.45) is 5.22. The SMILES string of the molecule is CC(c1ccc(Cl)cc1)C(C(=O)c1ccccc1)n1ccnc1. The van der Waals surface area contributed by atoms with E-state index in [-0.39, 0.29) is 17.7 Å². The molecule has 0 N–H and O–H groups in total. The van der Waals surface area contributed by atoms with Gasteiger partial charge in [-0.2, -0.15) is 0 Å². The topological polar surface area (TPSA) is 34.9 Å². The first kappa shape index (κ1) is 15.5. The van der Waals surface area contributed by atoms with Crippen molar-refractivity contribution in [1.29, 1.82) is 0 Å². The number of ketones is 1. The molecule has 0 spiro atoms. The number of aromatic nitrogens is 2. The van der Waals surface area contributed by atoms with Crippen LogP contribution in [-0.2, 0) is 0 Å². The van der Waals surface area contributed by atoms with Crippen LogP contribution in [0.15, 0.2) is 73.3 Å². The Morgan fingerprint density at radius 1 is 1.09 bits per heavy atom. The van der Waals surface area contributed by atoms with E-state index in [1.54, 1.807) is 12.5 Å². The minimum absolute atomic E-state index is 0.00540. The van der Waals surface area contributed by atoms with Gasteiger partial charge in [-0.05, 0) is 17.7 Å². The summed E-state index contributed by atoms with van der Waals surface area (Å²) in [5.74, 6) is 0.0697. The number of carbonyl (C=O) groups excluding carboxylic acids is 1. The van der Waals surface area contributed by atoms with Crippen LogP contribution in [0.5, 0.6) is 0 Å². The predicted molar refractivity (Wildman–Crippen MR) is 91.9 cm³/mol. The van der Waals surface area contributed by atoms with Gasteiger partial charge in [0.2, 0.25) is 0 Å². The first-order valence-corrected chi connectivity index (χ1v) is 7.87. The molecule has 2 atom stereocenters. The molecule has 0 aliphatic carbocycles. The van der Waals surface area contributed by atoms with Gasteiger partial charge in [0.25, 0.3) is 0 Å². The fraction of sp³-hybridized carbons (Fsp3) is 0.158. The summed E-state index contributed by atoms with van der Waals surface area (Å²) in [5.41, 5.74) is 1.77. The monoisotopic (exact) mass is 324 g/mol. The maximum Gasteiger partial charge on any atom is 0.186 e. The Hall–Kier alpha value is -2.39. The average molecular weight is 325 g/mol. The van der Waals surface area contributed by atoms with Crippen molar-refractivity contribution < 1.29 is 4.79 Å². The van der Waals surface area contributed by atoms with Gasteiger partial charge < -0.3 is 4.57 Å². The Morgan fingerprint density at radius 2 is 1.78 bits per heavy atom. The number of imidazole rings is 1. The maximum absolute atomic E-state index is 13.1. The molecule has 0 aliphatic heterocycles. The lowest BCUT2D eigenvalue weighted by Crippen LogP contribution is -2.24. The number of nitrogens with zero attached hydrogens (tertiary/aromatic N) is 2. The second kappa shape index (κ2) is 6.80. The standard InChI is InChI=1S/C19H17ClN2O/c1-14(15-7-9-17(20)10-8-15)18(22-12-11-21-13-22)19(23)16-5-3-2-4-6-16/h2-14,18H,1H3. The van der Waals surface area contributed by atoms with E-state index in [2.05, 4.69) is 11.9 Å². The maximum atomic E-state index is 13.1. The van der Waals surface area contributed by atoms with Gasteiger partial charge in [-0.25, -0.2) is 4.98 Å². The van der Waals surface area contributed by atoms with Gasteiger partial charge in [0.15, 0.2) is 5.78 Å². The molecule has 0 radical (unpaired) electrons. The lowest BCUT2D eigenvalue weighted by molar-refractivity contribution is 0.0910. The number of hydrogen-bond acceptors (Lipinski definition) is 2. The Balaban J connectivity index is 1.99. The lowest BCUT2D eigenvalue weighted by atomic mass is 9.88. The van der Waals surface area contributed by atoms with Crippen molar-refractivity contribution in [2.45, 2.75) is 18.9 Å². The molecule has 3 aromatic rings.